The summed E-state index contributed by atoms with van der Waals surface area (Å²) in [5.41, 5.74) is 2.36. The van der Waals surface area contributed by atoms with E-state index in [2.05, 4.69) is 10.3 Å². The Labute approximate surface area is 218 Å². The SMILES string of the molecule is CC1(c2ccc(OCc3cc(Cl)nc(Cl)c3)cc2)CCN(C(CCCCNC(=O)O)C(=O)NO)C1=O. The molecule has 0 aliphatic carbocycles. The number of hydroxylamine groups is 1. The van der Waals surface area contributed by atoms with Crippen LogP contribution >= 0.6 is 23.2 Å². The number of amides is 3. The molecule has 0 saturated carbocycles. The van der Waals surface area contributed by atoms with Crippen LogP contribution in [0.1, 0.15) is 43.7 Å². The van der Waals surface area contributed by atoms with Gasteiger partial charge in [0.25, 0.3) is 5.91 Å². The van der Waals surface area contributed by atoms with Crippen molar-refractivity contribution in [1.29, 1.82) is 0 Å². The molecule has 2 aromatic rings. The first-order valence-corrected chi connectivity index (χ1v) is 12.2. The molecule has 2 heterocycles. The maximum Gasteiger partial charge on any atom is 0.404 e. The number of carboxylic acid groups (broad SMARTS) is 1. The van der Waals surface area contributed by atoms with Crippen molar-refractivity contribution in [2.24, 2.45) is 0 Å². The van der Waals surface area contributed by atoms with Crippen molar-refractivity contribution in [3.05, 3.63) is 57.8 Å². The van der Waals surface area contributed by atoms with Crippen LogP contribution in [0.15, 0.2) is 36.4 Å². The molecule has 2 unspecified atom stereocenters. The first-order valence-electron chi connectivity index (χ1n) is 11.4. The Morgan fingerprint density at radius 1 is 1.19 bits per heavy atom. The van der Waals surface area contributed by atoms with Gasteiger partial charge in [-0.2, -0.15) is 0 Å². The van der Waals surface area contributed by atoms with E-state index in [1.54, 1.807) is 29.7 Å². The second-order valence-electron chi connectivity index (χ2n) is 8.73. The van der Waals surface area contributed by atoms with Crippen LogP contribution in [0, 0.1) is 0 Å². The molecule has 36 heavy (non-hydrogen) atoms. The van der Waals surface area contributed by atoms with Gasteiger partial charge in [-0.25, -0.2) is 15.3 Å². The zero-order valence-corrected chi connectivity index (χ0v) is 21.2. The van der Waals surface area contributed by atoms with Gasteiger partial charge in [0.2, 0.25) is 5.91 Å². The van der Waals surface area contributed by atoms with Crippen LogP contribution in [0.5, 0.6) is 5.75 Å². The van der Waals surface area contributed by atoms with Crippen LogP contribution in [0.2, 0.25) is 10.3 Å². The summed E-state index contributed by atoms with van der Waals surface area (Å²) in [4.78, 5) is 41.7. The predicted octanol–water partition coefficient (Wildman–Crippen LogP) is 3.77. The van der Waals surface area contributed by atoms with Gasteiger partial charge in [-0.15, -0.1) is 0 Å². The smallest absolute Gasteiger partial charge is 0.404 e. The van der Waals surface area contributed by atoms with Crippen LogP contribution in [0.4, 0.5) is 4.79 Å². The number of ether oxygens (including phenoxy) is 1. The van der Waals surface area contributed by atoms with Gasteiger partial charge in [-0.05, 0) is 68.0 Å². The van der Waals surface area contributed by atoms with E-state index in [0.717, 1.165) is 11.1 Å². The molecule has 12 heteroatoms. The largest absolute Gasteiger partial charge is 0.489 e. The molecule has 1 aliphatic heterocycles. The van der Waals surface area contributed by atoms with Crippen molar-refractivity contribution in [3.8, 4) is 5.75 Å². The number of unbranched alkanes of at least 4 members (excludes halogenated alkanes) is 1. The predicted molar refractivity (Wildman–Crippen MR) is 132 cm³/mol. The zero-order chi connectivity index (χ0) is 26.3. The Hall–Kier alpha value is -3.08. The maximum absolute atomic E-state index is 13.4. The van der Waals surface area contributed by atoms with E-state index in [-0.39, 0.29) is 29.4 Å². The van der Waals surface area contributed by atoms with Gasteiger partial charge in [0.1, 0.15) is 28.7 Å². The highest BCUT2D eigenvalue weighted by molar-refractivity contribution is 6.32. The van der Waals surface area contributed by atoms with Crippen molar-refractivity contribution >= 4 is 41.1 Å². The average molecular weight is 539 g/mol. The highest BCUT2D eigenvalue weighted by Gasteiger charge is 2.47. The molecule has 1 aliphatic rings. The van der Waals surface area contributed by atoms with Crippen molar-refractivity contribution < 1.29 is 29.4 Å². The molecule has 10 nitrogen and oxygen atoms in total. The molecule has 194 valence electrons. The fraction of sp³-hybridized carbons (Fsp3) is 0.417. The van der Waals surface area contributed by atoms with E-state index in [9.17, 15) is 19.6 Å². The number of pyridine rings is 1. The lowest BCUT2D eigenvalue weighted by Crippen LogP contribution is -2.49. The highest BCUT2D eigenvalue weighted by atomic mass is 35.5. The van der Waals surface area contributed by atoms with Crippen molar-refractivity contribution in [1.82, 2.24) is 20.7 Å². The summed E-state index contributed by atoms with van der Waals surface area (Å²) in [6.07, 6.45) is 0.674. The molecule has 1 aromatic heterocycles. The lowest BCUT2D eigenvalue weighted by molar-refractivity contribution is -0.144. The molecule has 1 aromatic carbocycles. The fourth-order valence-electron chi connectivity index (χ4n) is 4.28. The number of rotatable bonds is 11. The molecule has 0 spiro atoms. The third kappa shape index (κ3) is 6.77. The molecule has 4 N–H and O–H groups in total. The Balaban J connectivity index is 1.64. The van der Waals surface area contributed by atoms with Crippen molar-refractivity contribution in [3.63, 3.8) is 0 Å². The van der Waals surface area contributed by atoms with Gasteiger partial charge < -0.3 is 20.1 Å². The van der Waals surface area contributed by atoms with E-state index in [4.69, 9.17) is 33.0 Å². The van der Waals surface area contributed by atoms with Gasteiger partial charge in [-0.1, -0.05) is 35.3 Å². The summed E-state index contributed by atoms with van der Waals surface area (Å²) < 4.78 is 5.80. The van der Waals surface area contributed by atoms with Gasteiger partial charge in [0.05, 0.1) is 5.41 Å². The molecule has 3 amide bonds. The molecular weight excluding hydrogens is 511 g/mol. The quantitative estimate of drug-likeness (QED) is 0.147. The Kier molecular flexibility index (Phi) is 9.36. The normalized spacial score (nSPS) is 18.1. The Bertz CT molecular complexity index is 1080. The molecule has 1 saturated heterocycles. The van der Waals surface area contributed by atoms with Crippen molar-refractivity contribution in [2.45, 2.75) is 50.7 Å². The lowest BCUT2D eigenvalue weighted by Gasteiger charge is -2.29. The topological polar surface area (TPSA) is 141 Å². The zero-order valence-electron chi connectivity index (χ0n) is 19.7. The molecule has 0 bridgehead atoms. The highest BCUT2D eigenvalue weighted by Crippen LogP contribution is 2.37. The first kappa shape index (κ1) is 27.5. The third-order valence-corrected chi connectivity index (χ3v) is 6.66. The summed E-state index contributed by atoms with van der Waals surface area (Å²) >= 11 is 11.8. The summed E-state index contributed by atoms with van der Waals surface area (Å²) in [6, 6.07) is 9.66. The number of hydrogen-bond acceptors (Lipinski definition) is 6. The average Bonchev–Trinajstić information content (AvgIpc) is 3.14. The molecule has 3 rings (SSSR count). The Morgan fingerprint density at radius 3 is 2.47 bits per heavy atom. The molecule has 0 radical (unpaired) electrons. The number of aromatic nitrogens is 1. The van der Waals surface area contributed by atoms with Crippen LogP contribution in [0.3, 0.4) is 0 Å². The van der Waals surface area contributed by atoms with Gasteiger partial charge in [0.15, 0.2) is 0 Å². The van der Waals surface area contributed by atoms with Crippen molar-refractivity contribution in [2.75, 3.05) is 13.1 Å². The van der Waals surface area contributed by atoms with E-state index >= 15 is 0 Å². The number of nitrogens with one attached hydrogen (secondary N) is 2. The van der Waals surface area contributed by atoms with E-state index < -0.39 is 23.5 Å². The van der Waals surface area contributed by atoms with Crippen LogP contribution in [-0.2, 0) is 21.6 Å². The molecular formula is C24H28Cl2N4O6. The number of hydrogen-bond donors (Lipinski definition) is 4. The standard InChI is InChI=1S/C24H28Cl2N4O6/c1-24(16-5-7-17(8-6-16)36-14-15-12-19(25)28-20(26)13-15)9-11-30(22(24)32)18(21(31)29-35)4-2-3-10-27-23(33)34/h5-8,12-13,18,27,35H,2-4,9-11,14H2,1H3,(H,29,31)(H,33,34). The third-order valence-electron chi connectivity index (χ3n) is 6.27. The van der Waals surface area contributed by atoms with Crippen LogP contribution in [-0.4, -0.2) is 57.2 Å². The van der Waals surface area contributed by atoms with Gasteiger partial charge in [-0.3, -0.25) is 14.8 Å². The van der Waals surface area contributed by atoms with Crippen LogP contribution < -0.4 is 15.5 Å². The number of carbonyl (C=O) groups excluding carboxylic acids is 2. The maximum atomic E-state index is 13.4. The second kappa shape index (κ2) is 12.2. The molecule has 2 atom stereocenters. The second-order valence-corrected chi connectivity index (χ2v) is 9.51. The summed E-state index contributed by atoms with van der Waals surface area (Å²) in [5, 5.41) is 20.7. The van der Waals surface area contributed by atoms with Gasteiger partial charge in [0, 0.05) is 13.1 Å². The minimum atomic E-state index is -1.12. The lowest BCUT2D eigenvalue weighted by atomic mass is 9.81. The minimum absolute atomic E-state index is 0.213. The number of likely N-dealkylation sites (tertiary alicyclic amines) is 1. The number of carbonyl (C=O) groups is 3. The minimum Gasteiger partial charge on any atom is -0.489 e. The summed E-state index contributed by atoms with van der Waals surface area (Å²) in [5.74, 6) is -0.283. The summed E-state index contributed by atoms with van der Waals surface area (Å²) in [7, 11) is 0. The van der Waals surface area contributed by atoms with E-state index in [0.29, 0.717) is 38.0 Å². The number of benzene rings is 1. The first-order chi connectivity index (χ1) is 17.1. The van der Waals surface area contributed by atoms with E-state index in [1.165, 1.54) is 4.90 Å². The summed E-state index contributed by atoms with van der Waals surface area (Å²) in [6.45, 7) is 2.66. The van der Waals surface area contributed by atoms with Gasteiger partial charge >= 0.3 is 6.09 Å². The monoisotopic (exact) mass is 538 g/mol. The molecule has 1 fully saturated rings. The van der Waals surface area contributed by atoms with Crippen LogP contribution in [0.25, 0.3) is 0 Å². The number of halogens is 2. The number of nitrogens with zero attached hydrogens (tertiary/aromatic N) is 2. The Morgan fingerprint density at radius 2 is 1.86 bits per heavy atom. The fourth-order valence-corrected chi connectivity index (χ4v) is 4.78. The van der Waals surface area contributed by atoms with E-state index in [1.807, 2.05) is 19.1 Å².